The molecule has 2 heterocycles. The molecule has 0 atom stereocenters. The lowest BCUT2D eigenvalue weighted by Crippen LogP contribution is -2.32. The summed E-state index contributed by atoms with van der Waals surface area (Å²) in [7, 11) is 0. The first-order valence-electron chi connectivity index (χ1n) is 6.79. The number of carboxylic acid groups (broad SMARTS) is 1. The molecule has 0 aliphatic heterocycles. The van der Waals surface area contributed by atoms with Crippen LogP contribution in [0.15, 0.2) is 29.0 Å². The average Bonchev–Trinajstić information content (AvgIpc) is 2.99. The number of carbonyl (C=O) groups is 1. The summed E-state index contributed by atoms with van der Waals surface area (Å²) in [5.41, 5.74) is 0.297. The van der Waals surface area contributed by atoms with Gasteiger partial charge in [0.25, 0.3) is 0 Å². The first-order valence-corrected chi connectivity index (χ1v) is 6.79. The van der Waals surface area contributed by atoms with Crippen LogP contribution in [0, 0.1) is 0 Å². The topological polar surface area (TPSA) is 117 Å². The normalized spacial score (nSPS) is 10.6. The van der Waals surface area contributed by atoms with Gasteiger partial charge in [0, 0.05) is 17.4 Å². The van der Waals surface area contributed by atoms with E-state index in [1.54, 1.807) is 0 Å². The average molecular weight is 309 g/mol. The van der Waals surface area contributed by atoms with Crippen LogP contribution in [-0.2, 0) is 0 Å². The molecule has 0 spiro atoms. The predicted molar refractivity (Wildman–Crippen MR) is 72.7 cm³/mol. The number of carboxylic acids is 1. The van der Waals surface area contributed by atoms with E-state index in [0.29, 0.717) is 18.6 Å². The van der Waals surface area contributed by atoms with Crippen LogP contribution in [0.25, 0.3) is 11.5 Å². The van der Waals surface area contributed by atoms with Gasteiger partial charge in [-0.05, 0) is 19.3 Å². The van der Waals surface area contributed by atoms with Gasteiger partial charge in [-0.1, -0.05) is 0 Å². The molecule has 22 heavy (non-hydrogen) atoms. The number of hydrogen-bond acceptors (Lipinski definition) is 6. The van der Waals surface area contributed by atoms with Gasteiger partial charge in [-0.3, -0.25) is 5.21 Å². The zero-order valence-corrected chi connectivity index (χ0v) is 11.8. The SMILES string of the molecule is O=C(O)c1coc(-c2cc[n+](O)c(OCCCCCO)c2)n1. The summed E-state index contributed by atoms with van der Waals surface area (Å²) in [6, 6.07) is 3.03. The molecule has 0 aliphatic carbocycles. The van der Waals surface area contributed by atoms with Crippen molar-refractivity contribution in [1.82, 2.24) is 4.98 Å². The molecule has 2 aromatic rings. The summed E-state index contributed by atoms with van der Waals surface area (Å²) in [5, 5.41) is 27.2. The summed E-state index contributed by atoms with van der Waals surface area (Å²) < 4.78 is 11.4. The van der Waals surface area contributed by atoms with Crippen molar-refractivity contribution in [2.45, 2.75) is 19.3 Å². The van der Waals surface area contributed by atoms with Crippen molar-refractivity contribution < 1.29 is 34.1 Å². The second-order valence-electron chi connectivity index (χ2n) is 4.57. The molecule has 0 aliphatic rings. The Morgan fingerprint density at radius 3 is 2.86 bits per heavy atom. The lowest BCUT2D eigenvalue weighted by Gasteiger charge is -2.02. The standard InChI is InChI=1S/C14H16N2O6/c17-6-2-1-3-7-21-12-8-10(4-5-16(12)20)13-15-11(9-22-13)14(18)19/h4-5,8-9,17H,1-3,6-7H2,(H-,15,18,19,20)/p+1. The minimum atomic E-state index is -1.18. The van der Waals surface area contributed by atoms with Gasteiger partial charge in [0.05, 0.1) is 18.2 Å². The highest BCUT2D eigenvalue weighted by atomic mass is 16.5. The molecular formula is C14H17N2O6+. The van der Waals surface area contributed by atoms with Crippen molar-refractivity contribution in [1.29, 1.82) is 0 Å². The number of aliphatic hydroxyl groups is 1. The van der Waals surface area contributed by atoms with E-state index in [-0.39, 0.29) is 24.1 Å². The minimum Gasteiger partial charge on any atom is -0.476 e. The van der Waals surface area contributed by atoms with E-state index in [1.807, 2.05) is 0 Å². The smallest absolute Gasteiger partial charge is 0.417 e. The van der Waals surface area contributed by atoms with Crippen molar-refractivity contribution in [3.05, 3.63) is 30.3 Å². The molecule has 0 saturated carbocycles. The van der Waals surface area contributed by atoms with Gasteiger partial charge < -0.3 is 19.4 Å². The van der Waals surface area contributed by atoms with E-state index in [1.165, 1.54) is 18.3 Å². The number of ether oxygens (including phenoxy) is 1. The molecule has 0 aromatic carbocycles. The molecule has 0 bridgehead atoms. The van der Waals surface area contributed by atoms with Crippen LogP contribution in [-0.4, -0.2) is 39.6 Å². The fourth-order valence-corrected chi connectivity index (χ4v) is 1.78. The van der Waals surface area contributed by atoms with Gasteiger partial charge in [0.1, 0.15) is 6.26 Å². The van der Waals surface area contributed by atoms with Crippen LogP contribution in [0.1, 0.15) is 29.8 Å². The largest absolute Gasteiger partial charge is 0.476 e. The zero-order valence-electron chi connectivity index (χ0n) is 11.8. The highest BCUT2D eigenvalue weighted by molar-refractivity contribution is 5.85. The second kappa shape index (κ2) is 7.41. The Kier molecular flexibility index (Phi) is 5.31. The van der Waals surface area contributed by atoms with Crippen LogP contribution in [0.5, 0.6) is 5.88 Å². The maximum atomic E-state index is 10.8. The van der Waals surface area contributed by atoms with E-state index < -0.39 is 5.97 Å². The molecule has 8 nitrogen and oxygen atoms in total. The zero-order chi connectivity index (χ0) is 15.9. The van der Waals surface area contributed by atoms with Crippen LogP contribution < -0.4 is 9.47 Å². The Morgan fingerprint density at radius 2 is 2.18 bits per heavy atom. The van der Waals surface area contributed by atoms with Gasteiger partial charge in [-0.15, -0.1) is 0 Å². The molecule has 0 saturated heterocycles. The third-order valence-corrected chi connectivity index (χ3v) is 2.92. The molecule has 118 valence electrons. The molecule has 0 amide bonds. The van der Waals surface area contributed by atoms with E-state index in [9.17, 15) is 10.0 Å². The highest BCUT2D eigenvalue weighted by Gasteiger charge is 2.18. The number of rotatable bonds is 8. The monoisotopic (exact) mass is 309 g/mol. The molecular weight excluding hydrogens is 292 g/mol. The number of nitrogens with zero attached hydrogens (tertiary/aromatic N) is 2. The summed E-state index contributed by atoms with van der Waals surface area (Å²) in [5.74, 6) is -0.858. The Bertz CT molecular complexity index is 640. The van der Waals surface area contributed by atoms with Crippen molar-refractivity contribution in [3.63, 3.8) is 0 Å². The minimum absolute atomic E-state index is 0.128. The van der Waals surface area contributed by atoms with Crippen molar-refractivity contribution in [2.75, 3.05) is 13.2 Å². The quantitative estimate of drug-likeness (QED) is 0.380. The summed E-state index contributed by atoms with van der Waals surface area (Å²) in [4.78, 5) is 14.6. The fraction of sp³-hybridized carbons (Fsp3) is 0.357. The second-order valence-corrected chi connectivity index (χ2v) is 4.57. The summed E-state index contributed by atoms with van der Waals surface area (Å²) in [6.45, 7) is 0.529. The highest BCUT2D eigenvalue weighted by Crippen LogP contribution is 2.20. The Hall–Kier alpha value is -2.61. The summed E-state index contributed by atoms with van der Waals surface area (Å²) >= 11 is 0. The van der Waals surface area contributed by atoms with Gasteiger partial charge in [-0.25, -0.2) is 9.78 Å². The van der Waals surface area contributed by atoms with Crippen LogP contribution in [0.2, 0.25) is 0 Å². The third kappa shape index (κ3) is 3.95. The van der Waals surface area contributed by atoms with E-state index in [4.69, 9.17) is 19.4 Å². The lowest BCUT2D eigenvalue weighted by molar-refractivity contribution is -0.906. The first-order chi connectivity index (χ1) is 10.6. The molecule has 2 aromatic heterocycles. The molecule has 0 fully saturated rings. The Labute approximate surface area is 126 Å². The van der Waals surface area contributed by atoms with Crippen LogP contribution in [0.3, 0.4) is 0 Å². The first kappa shape index (κ1) is 15.8. The van der Waals surface area contributed by atoms with E-state index >= 15 is 0 Å². The van der Waals surface area contributed by atoms with Gasteiger partial charge in [0.2, 0.25) is 12.1 Å². The van der Waals surface area contributed by atoms with Crippen LogP contribution >= 0.6 is 0 Å². The van der Waals surface area contributed by atoms with Gasteiger partial charge >= 0.3 is 11.8 Å². The van der Waals surface area contributed by atoms with Crippen molar-refractivity contribution in [3.8, 4) is 17.3 Å². The number of unbranched alkanes of at least 4 members (excludes halogenated alkanes) is 2. The summed E-state index contributed by atoms with van der Waals surface area (Å²) in [6.07, 6.45) is 4.67. The lowest BCUT2D eigenvalue weighted by atomic mass is 10.2. The number of aliphatic hydroxyl groups excluding tert-OH is 1. The Balaban J connectivity index is 2.07. The van der Waals surface area contributed by atoms with Crippen LogP contribution in [0.4, 0.5) is 0 Å². The number of aromatic nitrogens is 2. The maximum Gasteiger partial charge on any atom is 0.417 e. The number of aromatic carboxylic acids is 1. The number of hydrogen-bond donors (Lipinski definition) is 3. The molecule has 0 radical (unpaired) electrons. The van der Waals surface area contributed by atoms with Gasteiger partial charge in [0.15, 0.2) is 5.69 Å². The van der Waals surface area contributed by atoms with Crippen molar-refractivity contribution in [2.24, 2.45) is 0 Å². The molecule has 3 N–H and O–H groups in total. The number of oxazole rings is 1. The Morgan fingerprint density at radius 1 is 1.36 bits per heavy atom. The van der Waals surface area contributed by atoms with E-state index in [0.717, 1.165) is 23.8 Å². The maximum absolute atomic E-state index is 10.8. The number of pyridine rings is 1. The van der Waals surface area contributed by atoms with Crippen molar-refractivity contribution >= 4 is 5.97 Å². The molecule has 2 rings (SSSR count). The van der Waals surface area contributed by atoms with Gasteiger partial charge in [-0.2, -0.15) is 0 Å². The predicted octanol–water partition coefficient (Wildman–Crippen LogP) is 1.11. The fourth-order valence-electron chi connectivity index (χ4n) is 1.78. The molecule has 0 unspecified atom stereocenters. The molecule has 8 heteroatoms. The third-order valence-electron chi connectivity index (χ3n) is 2.92. The van der Waals surface area contributed by atoms with E-state index in [2.05, 4.69) is 4.98 Å².